The first-order valence-corrected chi connectivity index (χ1v) is 8.25. The first-order chi connectivity index (χ1) is 9.83. The predicted molar refractivity (Wildman–Crippen MR) is 78.0 cm³/mol. The van der Waals surface area contributed by atoms with Crippen LogP contribution in [-0.4, -0.2) is 60.1 Å². The lowest BCUT2D eigenvalue weighted by Gasteiger charge is -2.26. The first-order valence-electron chi connectivity index (χ1n) is 7.37. The SMILES string of the molecule is O=C(c1csc(CN2CCOCC2)n1)N1CCCCC1. The van der Waals surface area contributed by atoms with Crippen LogP contribution in [0.15, 0.2) is 5.38 Å². The Kier molecular flexibility index (Phi) is 4.65. The number of piperidine rings is 1. The monoisotopic (exact) mass is 295 g/mol. The average molecular weight is 295 g/mol. The van der Waals surface area contributed by atoms with Crippen molar-refractivity contribution in [2.45, 2.75) is 25.8 Å². The van der Waals surface area contributed by atoms with E-state index < -0.39 is 0 Å². The lowest BCUT2D eigenvalue weighted by molar-refractivity contribution is 0.0341. The minimum atomic E-state index is 0.106. The molecular formula is C14H21N3O2S. The van der Waals surface area contributed by atoms with E-state index in [4.69, 9.17) is 4.74 Å². The van der Waals surface area contributed by atoms with Gasteiger partial charge in [0.1, 0.15) is 10.7 Å². The number of likely N-dealkylation sites (tertiary alicyclic amines) is 1. The van der Waals surface area contributed by atoms with E-state index in [2.05, 4.69) is 9.88 Å². The molecule has 2 fully saturated rings. The van der Waals surface area contributed by atoms with E-state index in [1.54, 1.807) is 11.3 Å². The van der Waals surface area contributed by atoms with Gasteiger partial charge in [0.15, 0.2) is 0 Å². The second-order valence-electron chi connectivity index (χ2n) is 5.37. The number of rotatable bonds is 3. The highest BCUT2D eigenvalue weighted by Crippen LogP contribution is 2.17. The molecule has 1 aromatic rings. The van der Waals surface area contributed by atoms with Crippen LogP contribution in [0.2, 0.25) is 0 Å². The Bertz CT molecular complexity index is 451. The zero-order valence-corrected chi connectivity index (χ0v) is 12.5. The molecule has 110 valence electrons. The highest BCUT2D eigenvalue weighted by Gasteiger charge is 2.21. The molecule has 2 saturated heterocycles. The summed E-state index contributed by atoms with van der Waals surface area (Å²) in [6, 6.07) is 0. The Morgan fingerprint density at radius 1 is 1.20 bits per heavy atom. The van der Waals surface area contributed by atoms with Crippen molar-refractivity contribution in [3.05, 3.63) is 16.1 Å². The van der Waals surface area contributed by atoms with Gasteiger partial charge >= 0.3 is 0 Å². The van der Waals surface area contributed by atoms with Crippen molar-refractivity contribution in [3.63, 3.8) is 0 Å². The van der Waals surface area contributed by atoms with Crippen LogP contribution in [0.4, 0.5) is 0 Å². The zero-order chi connectivity index (χ0) is 13.8. The van der Waals surface area contributed by atoms with Crippen LogP contribution in [0, 0.1) is 0 Å². The maximum absolute atomic E-state index is 12.3. The minimum Gasteiger partial charge on any atom is -0.379 e. The van der Waals surface area contributed by atoms with Gasteiger partial charge in [-0.3, -0.25) is 9.69 Å². The number of carbonyl (C=O) groups excluding carboxylic acids is 1. The number of nitrogens with zero attached hydrogens (tertiary/aromatic N) is 3. The summed E-state index contributed by atoms with van der Waals surface area (Å²) in [5.74, 6) is 0.106. The van der Waals surface area contributed by atoms with Crippen LogP contribution in [0.3, 0.4) is 0 Å². The highest BCUT2D eigenvalue weighted by atomic mass is 32.1. The highest BCUT2D eigenvalue weighted by molar-refractivity contribution is 7.09. The molecule has 0 spiro atoms. The lowest BCUT2D eigenvalue weighted by Crippen LogP contribution is -2.36. The number of ether oxygens (including phenoxy) is 1. The van der Waals surface area contributed by atoms with Crippen molar-refractivity contribution in [2.24, 2.45) is 0 Å². The van der Waals surface area contributed by atoms with Gasteiger partial charge in [-0.25, -0.2) is 4.98 Å². The molecule has 0 radical (unpaired) electrons. The van der Waals surface area contributed by atoms with Crippen molar-refractivity contribution in [3.8, 4) is 0 Å². The summed E-state index contributed by atoms with van der Waals surface area (Å²) >= 11 is 1.59. The van der Waals surface area contributed by atoms with E-state index in [-0.39, 0.29) is 5.91 Å². The van der Waals surface area contributed by atoms with Crippen molar-refractivity contribution < 1.29 is 9.53 Å². The van der Waals surface area contributed by atoms with E-state index in [1.807, 2.05) is 10.3 Å². The minimum absolute atomic E-state index is 0.106. The Morgan fingerprint density at radius 3 is 2.70 bits per heavy atom. The molecule has 0 N–H and O–H groups in total. The molecule has 5 nitrogen and oxygen atoms in total. The van der Waals surface area contributed by atoms with E-state index in [1.165, 1.54) is 6.42 Å². The van der Waals surface area contributed by atoms with Crippen molar-refractivity contribution in [1.82, 2.24) is 14.8 Å². The maximum Gasteiger partial charge on any atom is 0.273 e. The fourth-order valence-corrected chi connectivity index (χ4v) is 3.50. The summed E-state index contributed by atoms with van der Waals surface area (Å²) in [6.45, 7) is 6.10. The predicted octanol–water partition coefficient (Wildman–Crippen LogP) is 1.60. The largest absolute Gasteiger partial charge is 0.379 e. The van der Waals surface area contributed by atoms with Gasteiger partial charge in [-0.05, 0) is 19.3 Å². The molecule has 0 saturated carbocycles. The quantitative estimate of drug-likeness (QED) is 0.850. The third kappa shape index (κ3) is 3.37. The van der Waals surface area contributed by atoms with Crippen LogP contribution >= 0.6 is 11.3 Å². The van der Waals surface area contributed by atoms with Gasteiger partial charge < -0.3 is 9.64 Å². The summed E-state index contributed by atoms with van der Waals surface area (Å²) in [5, 5.41) is 2.94. The number of carbonyl (C=O) groups is 1. The summed E-state index contributed by atoms with van der Waals surface area (Å²) in [4.78, 5) is 21.1. The van der Waals surface area contributed by atoms with Crippen LogP contribution in [0.1, 0.15) is 34.8 Å². The molecule has 0 bridgehead atoms. The summed E-state index contributed by atoms with van der Waals surface area (Å²) in [5.41, 5.74) is 0.625. The molecule has 1 aromatic heterocycles. The van der Waals surface area contributed by atoms with Crippen molar-refractivity contribution >= 4 is 17.2 Å². The standard InChI is InChI=1S/C14H21N3O2S/c18-14(17-4-2-1-3-5-17)12-11-20-13(15-12)10-16-6-8-19-9-7-16/h11H,1-10H2. The smallest absolute Gasteiger partial charge is 0.273 e. The normalized spacial score (nSPS) is 21.1. The first kappa shape index (κ1) is 14.0. The fraction of sp³-hybridized carbons (Fsp3) is 0.714. The van der Waals surface area contributed by atoms with Gasteiger partial charge in [0, 0.05) is 31.6 Å². The number of morpholine rings is 1. The fourth-order valence-electron chi connectivity index (χ4n) is 2.69. The van der Waals surface area contributed by atoms with E-state index in [9.17, 15) is 4.79 Å². The van der Waals surface area contributed by atoms with Gasteiger partial charge in [-0.1, -0.05) is 0 Å². The molecule has 3 heterocycles. The Morgan fingerprint density at radius 2 is 1.95 bits per heavy atom. The van der Waals surface area contributed by atoms with Crippen LogP contribution in [-0.2, 0) is 11.3 Å². The molecule has 0 aliphatic carbocycles. The number of thiazole rings is 1. The maximum atomic E-state index is 12.3. The van der Waals surface area contributed by atoms with Gasteiger partial charge in [-0.15, -0.1) is 11.3 Å². The topological polar surface area (TPSA) is 45.7 Å². The Hall–Kier alpha value is -0.980. The molecule has 2 aliphatic rings. The van der Waals surface area contributed by atoms with Gasteiger partial charge in [0.05, 0.1) is 19.8 Å². The lowest BCUT2D eigenvalue weighted by atomic mass is 10.1. The molecule has 0 atom stereocenters. The van der Waals surface area contributed by atoms with Crippen molar-refractivity contribution in [1.29, 1.82) is 0 Å². The molecule has 3 rings (SSSR count). The van der Waals surface area contributed by atoms with E-state index in [0.29, 0.717) is 5.69 Å². The van der Waals surface area contributed by atoms with Gasteiger partial charge in [-0.2, -0.15) is 0 Å². The van der Waals surface area contributed by atoms with Crippen LogP contribution in [0.5, 0.6) is 0 Å². The summed E-state index contributed by atoms with van der Waals surface area (Å²) in [7, 11) is 0. The molecule has 6 heteroatoms. The molecule has 0 unspecified atom stereocenters. The third-order valence-corrected chi connectivity index (χ3v) is 4.71. The second-order valence-corrected chi connectivity index (χ2v) is 6.31. The van der Waals surface area contributed by atoms with Crippen LogP contribution in [0.25, 0.3) is 0 Å². The number of hydrogen-bond acceptors (Lipinski definition) is 5. The molecule has 0 aromatic carbocycles. The number of aromatic nitrogens is 1. The Balaban J connectivity index is 1.59. The Labute approximate surface area is 123 Å². The molecular weight excluding hydrogens is 274 g/mol. The summed E-state index contributed by atoms with van der Waals surface area (Å²) < 4.78 is 5.34. The summed E-state index contributed by atoms with van der Waals surface area (Å²) in [6.07, 6.45) is 3.48. The molecule has 1 amide bonds. The molecule has 2 aliphatic heterocycles. The zero-order valence-electron chi connectivity index (χ0n) is 11.7. The average Bonchev–Trinajstić information content (AvgIpc) is 2.97. The van der Waals surface area contributed by atoms with Crippen molar-refractivity contribution in [2.75, 3.05) is 39.4 Å². The van der Waals surface area contributed by atoms with Crippen LogP contribution < -0.4 is 0 Å². The van der Waals surface area contributed by atoms with E-state index in [0.717, 1.165) is 63.8 Å². The van der Waals surface area contributed by atoms with Gasteiger partial charge in [0.2, 0.25) is 0 Å². The van der Waals surface area contributed by atoms with E-state index >= 15 is 0 Å². The second kappa shape index (κ2) is 6.65. The molecule has 20 heavy (non-hydrogen) atoms. The number of hydrogen-bond donors (Lipinski definition) is 0. The van der Waals surface area contributed by atoms with Gasteiger partial charge in [0.25, 0.3) is 5.91 Å². The number of amides is 1. The third-order valence-electron chi connectivity index (χ3n) is 3.88.